The highest BCUT2D eigenvalue weighted by atomic mass is 16.4. The normalized spacial score (nSPS) is 44.7. The fourth-order valence-corrected chi connectivity index (χ4v) is 11.1. The fourth-order valence-electron chi connectivity index (χ4n) is 11.1. The van der Waals surface area contributed by atoms with Crippen molar-refractivity contribution in [2.75, 3.05) is 0 Å². The maximum absolute atomic E-state index is 14.2. The summed E-state index contributed by atoms with van der Waals surface area (Å²) < 4.78 is 0. The molecule has 2 N–H and O–H groups in total. The Kier molecular flexibility index (Phi) is 7.97. The van der Waals surface area contributed by atoms with Gasteiger partial charge in [-0.05, 0) is 115 Å². The second-order valence-electron chi connectivity index (χ2n) is 16.8. The van der Waals surface area contributed by atoms with Crippen LogP contribution in [-0.4, -0.2) is 34.4 Å². The third-order valence-corrected chi connectivity index (χ3v) is 14.2. The number of carboxylic acid groups (broad SMARTS) is 1. The SMILES string of the molecule is CC1(C)[C@@H](O)CC[C@]2(C)[C@H]3C(=O)C=C4[C@@H]5C[C@@](C)(C(=O)O)CC[C@]5(C)CC[C@@]4(C)[C@]3(C)CC[C@@H]12.O=CCc1ccccc1. The summed E-state index contributed by atoms with van der Waals surface area (Å²) in [5, 5.41) is 20.9. The molecule has 5 aliphatic carbocycles. The van der Waals surface area contributed by atoms with Crippen LogP contribution in [0.15, 0.2) is 42.0 Å². The average molecular weight is 591 g/mol. The highest BCUT2D eigenvalue weighted by molar-refractivity contribution is 5.95. The zero-order chi connectivity index (χ0) is 31.6. The van der Waals surface area contributed by atoms with Gasteiger partial charge < -0.3 is 15.0 Å². The van der Waals surface area contributed by atoms with E-state index in [-0.39, 0.29) is 50.8 Å². The molecular weight excluding hydrogens is 536 g/mol. The van der Waals surface area contributed by atoms with Gasteiger partial charge in [0.2, 0.25) is 0 Å². The summed E-state index contributed by atoms with van der Waals surface area (Å²) in [4.78, 5) is 36.4. The molecule has 0 radical (unpaired) electrons. The summed E-state index contributed by atoms with van der Waals surface area (Å²) in [6.45, 7) is 15.8. The van der Waals surface area contributed by atoms with Gasteiger partial charge in [-0.2, -0.15) is 0 Å². The number of hydrogen-bond acceptors (Lipinski definition) is 4. The van der Waals surface area contributed by atoms with Crippen LogP contribution >= 0.6 is 0 Å². The van der Waals surface area contributed by atoms with Crippen LogP contribution in [0.3, 0.4) is 0 Å². The number of aldehydes is 1. The fraction of sp³-hybridized carbons (Fsp3) is 0.711. The van der Waals surface area contributed by atoms with Crippen molar-refractivity contribution < 1.29 is 24.6 Å². The molecule has 6 rings (SSSR count). The summed E-state index contributed by atoms with van der Waals surface area (Å²) in [7, 11) is 0. The lowest BCUT2D eigenvalue weighted by Gasteiger charge is -2.70. The van der Waals surface area contributed by atoms with Crippen molar-refractivity contribution in [2.24, 2.45) is 50.2 Å². The summed E-state index contributed by atoms with van der Waals surface area (Å²) in [6.07, 6.45) is 11.4. The van der Waals surface area contributed by atoms with Crippen LogP contribution in [0.1, 0.15) is 112 Å². The Labute approximate surface area is 258 Å². The first-order valence-corrected chi connectivity index (χ1v) is 16.6. The number of carbonyl (C=O) groups excluding carboxylic acids is 2. The molecule has 1 aromatic rings. The summed E-state index contributed by atoms with van der Waals surface area (Å²) in [5.41, 5.74) is 1.22. The number of carboxylic acids is 1. The number of allylic oxidation sites excluding steroid dienone is 2. The molecule has 0 saturated heterocycles. The third-order valence-electron chi connectivity index (χ3n) is 14.2. The molecule has 1 aromatic carbocycles. The van der Waals surface area contributed by atoms with E-state index >= 15 is 0 Å². The van der Waals surface area contributed by atoms with Gasteiger partial charge in [-0.25, -0.2) is 0 Å². The molecule has 0 spiro atoms. The number of carbonyl (C=O) groups is 3. The molecular formula is C38H54O5. The van der Waals surface area contributed by atoms with E-state index in [9.17, 15) is 24.6 Å². The Morgan fingerprint density at radius 1 is 0.907 bits per heavy atom. The molecule has 9 atom stereocenters. The number of benzene rings is 1. The van der Waals surface area contributed by atoms with Gasteiger partial charge in [-0.1, -0.05) is 77.4 Å². The number of hydrogen-bond donors (Lipinski definition) is 2. The Hall–Kier alpha value is -2.27. The number of aliphatic hydroxyl groups excluding tert-OH is 1. The standard InChI is InChI=1S/C30H46O4.C8H8O/c1-25(2)21-8-11-30(7)23(28(21,5)10-9-22(25)32)20(31)16-18-19-17-27(4,24(33)34)13-12-26(19,3)14-15-29(18,30)6;9-7-6-8-4-2-1-3-5-8/h16,19,21-23,32H,8-15,17H2,1-7H3,(H,33,34);1-5,7H,6H2/t19-,21-,22-,23+,26+,27-,28-,29+,30+;/m0./s1. The number of fused-ring (bicyclic) bond motifs is 7. The number of aliphatic hydroxyl groups is 1. The molecule has 236 valence electrons. The van der Waals surface area contributed by atoms with E-state index in [1.54, 1.807) is 0 Å². The lowest BCUT2D eigenvalue weighted by molar-refractivity contribution is -0.202. The van der Waals surface area contributed by atoms with Crippen LogP contribution in [0.5, 0.6) is 0 Å². The Bertz CT molecular complexity index is 1300. The minimum absolute atomic E-state index is 0.0296. The lowest BCUT2D eigenvalue weighted by Crippen LogP contribution is -2.66. The second-order valence-corrected chi connectivity index (χ2v) is 16.8. The molecule has 0 amide bonds. The van der Waals surface area contributed by atoms with Crippen LogP contribution in [0.2, 0.25) is 0 Å². The summed E-state index contributed by atoms with van der Waals surface area (Å²) in [6, 6.07) is 9.68. The zero-order valence-corrected chi connectivity index (χ0v) is 27.5. The first kappa shape index (κ1) is 32.1. The highest BCUT2D eigenvalue weighted by Crippen LogP contribution is 2.75. The highest BCUT2D eigenvalue weighted by Gasteiger charge is 2.70. The topological polar surface area (TPSA) is 91.7 Å². The molecule has 43 heavy (non-hydrogen) atoms. The van der Waals surface area contributed by atoms with Gasteiger partial charge in [-0.3, -0.25) is 9.59 Å². The summed E-state index contributed by atoms with van der Waals surface area (Å²) in [5.74, 6) is 0.0603. The van der Waals surface area contributed by atoms with Crippen molar-refractivity contribution in [1.29, 1.82) is 0 Å². The maximum Gasteiger partial charge on any atom is 0.309 e. The van der Waals surface area contributed by atoms with E-state index < -0.39 is 11.4 Å². The van der Waals surface area contributed by atoms with Crippen molar-refractivity contribution in [3.63, 3.8) is 0 Å². The minimum atomic E-state index is -0.711. The molecule has 5 heteroatoms. The van der Waals surface area contributed by atoms with E-state index in [1.807, 2.05) is 43.3 Å². The Morgan fingerprint density at radius 3 is 2.19 bits per heavy atom. The van der Waals surface area contributed by atoms with Gasteiger partial charge in [0.05, 0.1) is 11.5 Å². The largest absolute Gasteiger partial charge is 0.481 e. The second kappa shape index (κ2) is 10.7. The van der Waals surface area contributed by atoms with Gasteiger partial charge in [0.15, 0.2) is 5.78 Å². The van der Waals surface area contributed by atoms with E-state index in [0.29, 0.717) is 18.8 Å². The van der Waals surface area contributed by atoms with Gasteiger partial charge in [0, 0.05) is 12.3 Å². The number of aliphatic carboxylic acids is 1. The van der Waals surface area contributed by atoms with Crippen LogP contribution in [0, 0.1) is 50.2 Å². The van der Waals surface area contributed by atoms with Crippen LogP contribution in [0.4, 0.5) is 0 Å². The van der Waals surface area contributed by atoms with Gasteiger partial charge >= 0.3 is 5.97 Å². The van der Waals surface area contributed by atoms with E-state index in [1.165, 1.54) is 5.57 Å². The number of rotatable bonds is 3. The molecule has 5 nitrogen and oxygen atoms in total. The van der Waals surface area contributed by atoms with E-state index in [0.717, 1.165) is 63.2 Å². The van der Waals surface area contributed by atoms with Crippen molar-refractivity contribution in [1.82, 2.24) is 0 Å². The van der Waals surface area contributed by atoms with Crippen molar-refractivity contribution in [3.8, 4) is 0 Å². The quantitative estimate of drug-likeness (QED) is 0.350. The molecule has 0 heterocycles. The summed E-state index contributed by atoms with van der Waals surface area (Å²) >= 11 is 0. The molecule has 4 saturated carbocycles. The first-order chi connectivity index (χ1) is 20.0. The van der Waals surface area contributed by atoms with E-state index in [4.69, 9.17) is 0 Å². The Morgan fingerprint density at radius 2 is 1.56 bits per heavy atom. The van der Waals surface area contributed by atoms with Crippen LogP contribution < -0.4 is 0 Å². The van der Waals surface area contributed by atoms with Crippen molar-refractivity contribution >= 4 is 18.0 Å². The smallest absolute Gasteiger partial charge is 0.309 e. The average Bonchev–Trinajstić information content (AvgIpc) is 2.94. The third kappa shape index (κ3) is 4.78. The molecule has 0 unspecified atom stereocenters. The zero-order valence-electron chi connectivity index (χ0n) is 27.5. The predicted molar refractivity (Wildman–Crippen MR) is 169 cm³/mol. The van der Waals surface area contributed by atoms with Crippen molar-refractivity contribution in [2.45, 2.75) is 119 Å². The van der Waals surface area contributed by atoms with Gasteiger partial charge in [0.1, 0.15) is 6.29 Å². The first-order valence-electron chi connectivity index (χ1n) is 16.6. The van der Waals surface area contributed by atoms with Crippen LogP contribution in [0.25, 0.3) is 0 Å². The molecule has 5 aliphatic rings. The lowest BCUT2D eigenvalue weighted by atomic mass is 9.33. The molecule has 0 aliphatic heterocycles. The molecule has 0 aromatic heterocycles. The van der Waals surface area contributed by atoms with E-state index in [2.05, 4.69) is 41.5 Å². The maximum atomic E-state index is 14.2. The minimum Gasteiger partial charge on any atom is -0.481 e. The Balaban J connectivity index is 0.000000351. The molecule has 0 bridgehead atoms. The van der Waals surface area contributed by atoms with Gasteiger partial charge in [-0.15, -0.1) is 0 Å². The molecule has 4 fully saturated rings. The number of ketones is 1. The van der Waals surface area contributed by atoms with Gasteiger partial charge in [0.25, 0.3) is 0 Å². The van der Waals surface area contributed by atoms with Crippen molar-refractivity contribution in [3.05, 3.63) is 47.5 Å². The van der Waals surface area contributed by atoms with Crippen LogP contribution in [-0.2, 0) is 20.8 Å². The predicted octanol–water partition coefficient (Wildman–Crippen LogP) is 7.84. The monoisotopic (exact) mass is 590 g/mol.